The Morgan fingerprint density at radius 2 is 1.92 bits per heavy atom. The van der Waals surface area contributed by atoms with Crippen LogP contribution >= 0.6 is 0 Å². The van der Waals surface area contributed by atoms with Crippen molar-refractivity contribution in [1.29, 1.82) is 0 Å². The molecule has 25 heavy (non-hydrogen) atoms. The van der Waals surface area contributed by atoms with E-state index in [-0.39, 0.29) is 6.42 Å². The van der Waals surface area contributed by atoms with Gasteiger partial charge in [0, 0.05) is 12.6 Å². The minimum atomic E-state index is -1.04. The molecular weight excluding hydrogens is 318 g/mol. The quantitative estimate of drug-likeness (QED) is 0.846. The maximum absolute atomic E-state index is 12.4. The molecule has 0 radical (unpaired) electrons. The van der Waals surface area contributed by atoms with E-state index in [1.807, 2.05) is 35.0 Å². The molecule has 1 fully saturated rings. The molecule has 1 aliphatic rings. The highest BCUT2D eigenvalue weighted by molar-refractivity contribution is 5.96. The van der Waals surface area contributed by atoms with Gasteiger partial charge in [-0.25, -0.2) is 4.79 Å². The van der Waals surface area contributed by atoms with Crippen molar-refractivity contribution in [2.24, 2.45) is 0 Å². The Morgan fingerprint density at radius 3 is 2.60 bits per heavy atom. The summed E-state index contributed by atoms with van der Waals surface area (Å²) in [5, 5.41) is 16.3. The molecule has 0 bridgehead atoms. The summed E-state index contributed by atoms with van der Waals surface area (Å²) < 4.78 is 1.85. The summed E-state index contributed by atoms with van der Waals surface area (Å²) in [7, 11) is 0. The molecule has 0 spiro atoms. The summed E-state index contributed by atoms with van der Waals surface area (Å²) in [6.45, 7) is 0. The topological polar surface area (TPSA) is 84.2 Å². The third-order valence-corrected chi connectivity index (χ3v) is 4.70. The lowest BCUT2D eigenvalue weighted by Crippen LogP contribution is -2.42. The lowest BCUT2D eigenvalue weighted by atomic mass is 9.96. The molecule has 1 aliphatic carbocycles. The Labute approximate surface area is 146 Å². The lowest BCUT2D eigenvalue weighted by Gasteiger charge is -2.21. The Bertz CT molecular complexity index is 721. The largest absolute Gasteiger partial charge is 0.480 e. The minimum absolute atomic E-state index is 0.249. The summed E-state index contributed by atoms with van der Waals surface area (Å²) in [6, 6.07) is 8.65. The van der Waals surface area contributed by atoms with Gasteiger partial charge in [0.15, 0.2) is 0 Å². The van der Waals surface area contributed by atoms with E-state index >= 15 is 0 Å². The number of hydrogen-bond acceptors (Lipinski definition) is 3. The number of nitrogens with zero attached hydrogens (tertiary/aromatic N) is 2. The fourth-order valence-corrected chi connectivity index (χ4v) is 3.29. The Balaban J connectivity index is 1.65. The lowest BCUT2D eigenvalue weighted by molar-refractivity contribution is -0.139. The maximum atomic E-state index is 12.4. The van der Waals surface area contributed by atoms with Crippen LogP contribution < -0.4 is 5.32 Å². The van der Waals surface area contributed by atoms with Crippen molar-refractivity contribution < 1.29 is 14.7 Å². The van der Waals surface area contributed by atoms with E-state index in [2.05, 4.69) is 10.4 Å². The number of amides is 1. The van der Waals surface area contributed by atoms with Gasteiger partial charge in [0.25, 0.3) is 5.91 Å². The predicted octanol–water partition coefficient (Wildman–Crippen LogP) is 2.81. The van der Waals surface area contributed by atoms with Gasteiger partial charge in [-0.1, -0.05) is 49.6 Å². The summed E-state index contributed by atoms with van der Waals surface area (Å²) in [5.74, 6) is -1.44. The van der Waals surface area contributed by atoms with Gasteiger partial charge in [-0.3, -0.25) is 9.48 Å². The first kappa shape index (κ1) is 17.2. The van der Waals surface area contributed by atoms with Gasteiger partial charge < -0.3 is 10.4 Å². The Kier molecular flexibility index (Phi) is 5.48. The first-order valence-electron chi connectivity index (χ1n) is 8.75. The van der Waals surface area contributed by atoms with E-state index in [4.69, 9.17) is 0 Å². The van der Waals surface area contributed by atoms with Gasteiger partial charge in [-0.2, -0.15) is 5.10 Å². The summed E-state index contributed by atoms with van der Waals surface area (Å²) in [4.78, 5) is 23.9. The van der Waals surface area contributed by atoms with E-state index < -0.39 is 17.9 Å². The van der Waals surface area contributed by atoms with E-state index in [9.17, 15) is 14.7 Å². The molecule has 1 unspecified atom stereocenters. The van der Waals surface area contributed by atoms with Crippen LogP contribution in [0.5, 0.6) is 0 Å². The molecule has 6 nitrogen and oxygen atoms in total. The predicted molar refractivity (Wildman–Crippen MR) is 93.4 cm³/mol. The number of hydrogen-bond donors (Lipinski definition) is 2. The van der Waals surface area contributed by atoms with Crippen LogP contribution in [0.2, 0.25) is 0 Å². The second-order valence-electron chi connectivity index (χ2n) is 6.55. The van der Waals surface area contributed by atoms with Crippen LogP contribution in [0.15, 0.2) is 42.7 Å². The average molecular weight is 341 g/mol. The molecule has 0 aliphatic heterocycles. The molecule has 132 valence electrons. The van der Waals surface area contributed by atoms with Gasteiger partial charge in [0.05, 0.1) is 17.8 Å². The zero-order valence-electron chi connectivity index (χ0n) is 14.1. The van der Waals surface area contributed by atoms with Crippen molar-refractivity contribution in [2.45, 2.75) is 50.6 Å². The van der Waals surface area contributed by atoms with Crippen molar-refractivity contribution >= 4 is 11.9 Å². The fourth-order valence-electron chi connectivity index (χ4n) is 3.29. The second kappa shape index (κ2) is 7.96. The van der Waals surface area contributed by atoms with Crippen LogP contribution in [-0.2, 0) is 11.2 Å². The van der Waals surface area contributed by atoms with Crippen molar-refractivity contribution in [1.82, 2.24) is 15.1 Å². The number of nitrogens with one attached hydrogen (secondary N) is 1. The van der Waals surface area contributed by atoms with E-state index in [1.54, 1.807) is 6.20 Å². The number of aliphatic carboxylic acids is 1. The molecule has 2 N–H and O–H groups in total. The van der Waals surface area contributed by atoms with Crippen molar-refractivity contribution in [3.63, 3.8) is 0 Å². The van der Waals surface area contributed by atoms with Gasteiger partial charge in [-0.15, -0.1) is 0 Å². The molecule has 2 aromatic rings. The van der Waals surface area contributed by atoms with Gasteiger partial charge in [0.2, 0.25) is 0 Å². The Hall–Kier alpha value is -2.63. The third-order valence-electron chi connectivity index (χ3n) is 4.70. The molecule has 6 heteroatoms. The molecule has 1 atom stereocenters. The van der Waals surface area contributed by atoms with Crippen molar-refractivity contribution in [3.05, 3.63) is 53.9 Å². The van der Waals surface area contributed by atoms with E-state index in [1.165, 1.54) is 25.5 Å². The van der Waals surface area contributed by atoms with Crippen LogP contribution in [0.3, 0.4) is 0 Å². The maximum Gasteiger partial charge on any atom is 0.326 e. The van der Waals surface area contributed by atoms with E-state index in [0.717, 1.165) is 18.4 Å². The molecule has 1 amide bonds. The van der Waals surface area contributed by atoms with Gasteiger partial charge in [0.1, 0.15) is 6.04 Å². The highest BCUT2D eigenvalue weighted by atomic mass is 16.4. The molecule has 1 aromatic carbocycles. The van der Waals surface area contributed by atoms with Gasteiger partial charge >= 0.3 is 5.97 Å². The summed E-state index contributed by atoms with van der Waals surface area (Å²) >= 11 is 0. The van der Waals surface area contributed by atoms with Crippen LogP contribution in [0.1, 0.15) is 54.1 Å². The molecule has 1 heterocycles. The number of carboxylic acid groups (broad SMARTS) is 1. The minimum Gasteiger partial charge on any atom is -0.480 e. The van der Waals surface area contributed by atoms with Crippen LogP contribution in [0.25, 0.3) is 0 Å². The third kappa shape index (κ3) is 4.47. The monoisotopic (exact) mass is 341 g/mol. The van der Waals surface area contributed by atoms with Crippen molar-refractivity contribution in [3.8, 4) is 0 Å². The van der Waals surface area contributed by atoms with Crippen LogP contribution in [0.4, 0.5) is 0 Å². The molecule has 1 aromatic heterocycles. The first-order valence-corrected chi connectivity index (χ1v) is 8.75. The fraction of sp³-hybridized carbons (Fsp3) is 0.421. The molecule has 3 rings (SSSR count). The number of benzene rings is 1. The summed E-state index contributed by atoms with van der Waals surface area (Å²) in [5.41, 5.74) is 1.28. The average Bonchev–Trinajstić information content (AvgIpc) is 3.13. The van der Waals surface area contributed by atoms with E-state index in [0.29, 0.717) is 11.6 Å². The smallest absolute Gasteiger partial charge is 0.326 e. The highest BCUT2D eigenvalue weighted by Gasteiger charge is 2.23. The summed E-state index contributed by atoms with van der Waals surface area (Å²) in [6.07, 6.45) is 9.28. The number of carbonyl (C=O) groups excluding carboxylic acids is 1. The molecular formula is C19H23N3O3. The normalized spacial score (nSPS) is 16.3. The van der Waals surface area contributed by atoms with Crippen molar-refractivity contribution in [2.75, 3.05) is 0 Å². The molecule has 1 saturated carbocycles. The first-order chi connectivity index (χ1) is 12.1. The highest BCUT2D eigenvalue weighted by Crippen LogP contribution is 2.27. The number of carbonyl (C=O) groups is 2. The van der Waals surface area contributed by atoms with Crippen LogP contribution in [0, 0.1) is 0 Å². The molecule has 0 saturated heterocycles. The SMILES string of the molecule is O=C(NC(Cc1ccccc1)C(=O)O)c1cnn(C2CCCCC2)c1. The van der Waals surface area contributed by atoms with Crippen LogP contribution in [-0.4, -0.2) is 32.8 Å². The standard InChI is InChI=1S/C19H23N3O3/c23-18(15-12-20-22(13-15)16-9-5-2-6-10-16)21-17(19(24)25)11-14-7-3-1-4-8-14/h1,3-4,7-8,12-13,16-17H,2,5-6,9-11H2,(H,21,23)(H,24,25). The van der Waals surface area contributed by atoms with Gasteiger partial charge in [-0.05, 0) is 18.4 Å². The Morgan fingerprint density at radius 1 is 1.20 bits per heavy atom. The zero-order chi connectivity index (χ0) is 17.6. The number of carboxylic acids is 1. The number of rotatable bonds is 6. The number of aromatic nitrogens is 2. The zero-order valence-corrected chi connectivity index (χ0v) is 14.1. The second-order valence-corrected chi connectivity index (χ2v) is 6.55.